The predicted molar refractivity (Wildman–Crippen MR) is 89.9 cm³/mol. The van der Waals surface area contributed by atoms with E-state index >= 15 is 0 Å². The van der Waals surface area contributed by atoms with Crippen molar-refractivity contribution in [3.63, 3.8) is 0 Å². The minimum Gasteiger partial charge on any atom is -0.489 e. The topological polar surface area (TPSA) is 35.2 Å². The molecule has 0 amide bonds. The number of hydrogen-bond donors (Lipinski definition) is 1. The van der Waals surface area contributed by atoms with E-state index in [-0.39, 0.29) is 17.6 Å². The Morgan fingerprint density at radius 1 is 1.05 bits per heavy atom. The quantitative estimate of drug-likeness (QED) is 0.864. The van der Waals surface area contributed by atoms with E-state index in [2.05, 4.69) is 45.0 Å². The van der Waals surface area contributed by atoms with Crippen molar-refractivity contribution in [1.29, 1.82) is 0 Å². The highest BCUT2D eigenvalue weighted by Gasteiger charge is 2.22. The van der Waals surface area contributed by atoms with Gasteiger partial charge in [0.2, 0.25) is 0 Å². The molecule has 2 heteroatoms. The average molecular weight is 289 g/mol. The van der Waals surface area contributed by atoms with Gasteiger partial charge in [-0.2, -0.15) is 0 Å². The maximum absolute atomic E-state index is 6.29. The van der Waals surface area contributed by atoms with Crippen molar-refractivity contribution in [2.24, 2.45) is 5.73 Å². The van der Waals surface area contributed by atoms with Crippen LogP contribution in [0, 0.1) is 0 Å². The largest absolute Gasteiger partial charge is 0.489 e. The van der Waals surface area contributed by atoms with Crippen molar-refractivity contribution >= 4 is 0 Å². The van der Waals surface area contributed by atoms with E-state index in [0.717, 1.165) is 25.0 Å². The second-order valence-corrected chi connectivity index (χ2v) is 7.07. The summed E-state index contributed by atoms with van der Waals surface area (Å²) in [6.07, 6.45) is 8.60. The zero-order valence-electron chi connectivity index (χ0n) is 13.9. The van der Waals surface area contributed by atoms with Gasteiger partial charge in [0.05, 0.1) is 0 Å². The zero-order valence-corrected chi connectivity index (χ0v) is 13.9. The minimum absolute atomic E-state index is 0.176. The molecule has 1 saturated carbocycles. The molecular weight excluding hydrogens is 258 g/mol. The first-order valence-corrected chi connectivity index (χ1v) is 8.56. The minimum atomic E-state index is 0.176. The lowest BCUT2D eigenvalue weighted by Crippen LogP contribution is -2.39. The van der Waals surface area contributed by atoms with Gasteiger partial charge in [0.15, 0.2) is 0 Å². The van der Waals surface area contributed by atoms with E-state index in [4.69, 9.17) is 10.5 Å². The molecule has 1 fully saturated rings. The number of nitrogens with two attached hydrogens (primary N) is 1. The predicted octanol–water partition coefficient (Wildman–Crippen LogP) is 4.80. The van der Waals surface area contributed by atoms with Gasteiger partial charge in [-0.05, 0) is 48.8 Å². The van der Waals surface area contributed by atoms with Crippen LogP contribution in [0.3, 0.4) is 0 Å². The van der Waals surface area contributed by atoms with E-state index in [0.29, 0.717) is 0 Å². The molecule has 0 aliphatic heterocycles. The lowest BCUT2D eigenvalue weighted by molar-refractivity contribution is 0.145. The first kappa shape index (κ1) is 16.4. The third-order valence-corrected chi connectivity index (χ3v) is 5.06. The molecule has 21 heavy (non-hydrogen) atoms. The molecule has 0 bridgehead atoms. The Morgan fingerprint density at radius 2 is 1.67 bits per heavy atom. The molecule has 2 N–H and O–H groups in total. The van der Waals surface area contributed by atoms with Gasteiger partial charge in [-0.3, -0.25) is 0 Å². The Hall–Kier alpha value is -1.02. The van der Waals surface area contributed by atoms with Gasteiger partial charge in [0, 0.05) is 6.04 Å². The summed E-state index contributed by atoms with van der Waals surface area (Å²) >= 11 is 0. The van der Waals surface area contributed by atoms with Gasteiger partial charge < -0.3 is 10.5 Å². The van der Waals surface area contributed by atoms with E-state index in [1.54, 1.807) is 0 Å². The third kappa shape index (κ3) is 4.47. The fourth-order valence-corrected chi connectivity index (χ4v) is 2.99. The van der Waals surface area contributed by atoms with Gasteiger partial charge in [0.25, 0.3) is 0 Å². The summed E-state index contributed by atoms with van der Waals surface area (Å²) in [7, 11) is 0. The molecule has 2 atom stereocenters. The lowest BCUT2D eigenvalue weighted by Gasteiger charge is -2.28. The highest BCUT2D eigenvalue weighted by molar-refractivity contribution is 5.31. The van der Waals surface area contributed by atoms with Gasteiger partial charge in [-0.15, -0.1) is 0 Å². The number of rotatable bonds is 4. The van der Waals surface area contributed by atoms with Gasteiger partial charge in [0.1, 0.15) is 11.9 Å². The molecular formula is C19H31NO. The van der Waals surface area contributed by atoms with Crippen LogP contribution in [0.1, 0.15) is 71.3 Å². The molecule has 1 aliphatic rings. The van der Waals surface area contributed by atoms with E-state index < -0.39 is 0 Å². The van der Waals surface area contributed by atoms with Gasteiger partial charge in [-0.1, -0.05) is 52.2 Å². The molecule has 0 heterocycles. The van der Waals surface area contributed by atoms with E-state index in [1.165, 1.54) is 31.2 Å². The van der Waals surface area contributed by atoms with Crippen molar-refractivity contribution in [3.8, 4) is 5.75 Å². The van der Waals surface area contributed by atoms with Crippen LogP contribution in [0.4, 0.5) is 0 Å². The molecule has 0 aromatic heterocycles. The highest BCUT2D eigenvalue weighted by Crippen LogP contribution is 2.29. The highest BCUT2D eigenvalue weighted by atomic mass is 16.5. The second-order valence-electron chi connectivity index (χ2n) is 7.07. The summed E-state index contributed by atoms with van der Waals surface area (Å²) in [5.41, 5.74) is 7.90. The Morgan fingerprint density at radius 3 is 2.29 bits per heavy atom. The second kappa shape index (κ2) is 7.31. The van der Waals surface area contributed by atoms with Crippen molar-refractivity contribution in [2.45, 2.75) is 83.3 Å². The lowest BCUT2D eigenvalue weighted by atomic mass is 9.82. The summed E-state index contributed by atoms with van der Waals surface area (Å²) in [5.74, 6) is 0.965. The molecule has 1 aliphatic carbocycles. The SMILES string of the molecule is CCC(C)(C)c1ccc(OC2CCCCCCC2N)cc1. The van der Waals surface area contributed by atoms with Crippen molar-refractivity contribution in [2.75, 3.05) is 0 Å². The van der Waals surface area contributed by atoms with Gasteiger partial charge in [-0.25, -0.2) is 0 Å². The number of benzene rings is 1. The zero-order chi connectivity index (χ0) is 15.3. The first-order valence-electron chi connectivity index (χ1n) is 8.56. The van der Waals surface area contributed by atoms with Crippen LogP contribution in [0.15, 0.2) is 24.3 Å². The first-order chi connectivity index (χ1) is 10.0. The normalized spacial score (nSPS) is 24.2. The molecule has 118 valence electrons. The molecule has 0 spiro atoms. The summed E-state index contributed by atoms with van der Waals surface area (Å²) < 4.78 is 6.18. The summed E-state index contributed by atoms with van der Waals surface area (Å²) in [6.45, 7) is 6.80. The standard InChI is InChI=1S/C19H31NO/c1-4-19(2,3)15-11-13-16(14-12-15)21-18-10-8-6-5-7-9-17(18)20/h11-14,17-18H,4-10,20H2,1-3H3. The van der Waals surface area contributed by atoms with Crippen LogP contribution in [-0.4, -0.2) is 12.1 Å². The Balaban J connectivity index is 2.01. The molecule has 0 radical (unpaired) electrons. The Kier molecular flexibility index (Phi) is 5.69. The molecule has 1 aromatic rings. The van der Waals surface area contributed by atoms with Gasteiger partial charge >= 0.3 is 0 Å². The van der Waals surface area contributed by atoms with E-state index in [9.17, 15) is 0 Å². The molecule has 0 saturated heterocycles. The van der Waals surface area contributed by atoms with Crippen LogP contribution in [0.5, 0.6) is 5.75 Å². The molecule has 2 nitrogen and oxygen atoms in total. The summed E-state index contributed by atoms with van der Waals surface area (Å²) in [5, 5.41) is 0. The summed E-state index contributed by atoms with van der Waals surface area (Å²) in [6, 6.07) is 8.80. The Labute approximate surface area is 130 Å². The molecule has 2 rings (SSSR count). The third-order valence-electron chi connectivity index (χ3n) is 5.06. The fraction of sp³-hybridized carbons (Fsp3) is 0.684. The smallest absolute Gasteiger partial charge is 0.119 e. The summed E-state index contributed by atoms with van der Waals surface area (Å²) in [4.78, 5) is 0. The van der Waals surface area contributed by atoms with Crippen LogP contribution in [0.25, 0.3) is 0 Å². The molecule has 2 unspecified atom stereocenters. The number of ether oxygens (including phenoxy) is 1. The van der Waals surface area contributed by atoms with Crippen molar-refractivity contribution in [1.82, 2.24) is 0 Å². The maximum Gasteiger partial charge on any atom is 0.119 e. The van der Waals surface area contributed by atoms with E-state index in [1.807, 2.05) is 0 Å². The monoisotopic (exact) mass is 289 g/mol. The fourth-order valence-electron chi connectivity index (χ4n) is 2.99. The van der Waals surface area contributed by atoms with Crippen molar-refractivity contribution in [3.05, 3.63) is 29.8 Å². The molecule has 1 aromatic carbocycles. The van der Waals surface area contributed by atoms with Crippen LogP contribution in [-0.2, 0) is 5.41 Å². The van der Waals surface area contributed by atoms with Crippen molar-refractivity contribution < 1.29 is 4.74 Å². The average Bonchev–Trinajstić information content (AvgIpc) is 2.47. The Bertz CT molecular complexity index is 424. The number of hydrogen-bond acceptors (Lipinski definition) is 2. The maximum atomic E-state index is 6.29. The van der Waals surface area contributed by atoms with Crippen LogP contribution >= 0.6 is 0 Å². The van der Waals surface area contributed by atoms with Crippen LogP contribution < -0.4 is 10.5 Å². The van der Waals surface area contributed by atoms with Crippen LogP contribution in [0.2, 0.25) is 0 Å².